The minimum absolute atomic E-state index is 0.0894. The number of amides is 2. The monoisotopic (exact) mass is 251 g/mol. The molecule has 1 atom stereocenters. The van der Waals surface area contributed by atoms with Gasteiger partial charge in [0, 0.05) is 19.6 Å². The first kappa shape index (κ1) is 14.3. The largest absolute Gasteiger partial charge is 0.495 e. The molecule has 0 aliphatic rings. The standard InChI is InChI=1S/C13H21N3O2/c1-10(14)8-9-16(2)13(17)15-11-6-4-5-7-12(11)18-3/h4-7,10H,8-9,14H2,1-3H3,(H,15,17). The molecule has 1 aromatic rings. The van der Waals surface area contributed by atoms with Crippen LogP contribution in [0, 0.1) is 0 Å². The molecule has 0 spiro atoms. The number of carbonyl (C=O) groups excluding carboxylic acids is 1. The zero-order valence-electron chi connectivity index (χ0n) is 11.1. The molecule has 0 saturated heterocycles. The highest BCUT2D eigenvalue weighted by molar-refractivity contribution is 5.90. The summed E-state index contributed by atoms with van der Waals surface area (Å²) in [6.07, 6.45) is 0.774. The van der Waals surface area contributed by atoms with Crippen molar-refractivity contribution in [3.63, 3.8) is 0 Å². The summed E-state index contributed by atoms with van der Waals surface area (Å²) in [5, 5.41) is 2.81. The van der Waals surface area contributed by atoms with Gasteiger partial charge < -0.3 is 20.7 Å². The molecular formula is C13H21N3O2. The van der Waals surface area contributed by atoms with Gasteiger partial charge in [-0.05, 0) is 25.5 Å². The second kappa shape index (κ2) is 6.86. The van der Waals surface area contributed by atoms with Crippen molar-refractivity contribution in [3.8, 4) is 5.75 Å². The zero-order valence-corrected chi connectivity index (χ0v) is 11.1. The quantitative estimate of drug-likeness (QED) is 0.839. The Balaban J connectivity index is 2.58. The molecule has 0 bridgehead atoms. The smallest absolute Gasteiger partial charge is 0.321 e. The van der Waals surface area contributed by atoms with Gasteiger partial charge in [-0.15, -0.1) is 0 Å². The van der Waals surface area contributed by atoms with Crippen molar-refractivity contribution in [1.29, 1.82) is 0 Å². The molecule has 5 heteroatoms. The number of ether oxygens (including phenoxy) is 1. The van der Waals surface area contributed by atoms with Crippen molar-refractivity contribution in [1.82, 2.24) is 4.90 Å². The number of hydrogen-bond acceptors (Lipinski definition) is 3. The Morgan fingerprint density at radius 3 is 2.78 bits per heavy atom. The van der Waals surface area contributed by atoms with Crippen molar-refractivity contribution in [2.45, 2.75) is 19.4 Å². The fraction of sp³-hybridized carbons (Fsp3) is 0.462. The minimum atomic E-state index is -0.167. The number of urea groups is 1. The summed E-state index contributed by atoms with van der Waals surface area (Å²) >= 11 is 0. The molecule has 0 radical (unpaired) electrons. The maximum Gasteiger partial charge on any atom is 0.321 e. The maximum atomic E-state index is 11.9. The second-order valence-electron chi connectivity index (χ2n) is 4.32. The molecule has 0 heterocycles. The topological polar surface area (TPSA) is 67.6 Å². The summed E-state index contributed by atoms with van der Waals surface area (Å²) in [4.78, 5) is 13.5. The summed E-state index contributed by atoms with van der Waals surface area (Å²) in [5.41, 5.74) is 6.33. The first-order valence-electron chi connectivity index (χ1n) is 5.95. The van der Waals surface area contributed by atoms with Crippen LogP contribution in [0.4, 0.5) is 10.5 Å². The SMILES string of the molecule is COc1ccccc1NC(=O)N(C)CCC(C)N. The van der Waals surface area contributed by atoms with Crippen LogP contribution >= 0.6 is 0 Å². The highest BCUT2D eigenvalue weighted by Gasteiger charge is 2.11. The van der Waals surface area contributed by atoms with E-state index in [0.717, 1.165) is 6.42 Å². The highest BCUT2D eigenvalue weighted by atomic mass is 16.5. The van der Waals surface area contributed by atoms with Gasteiger partial charge in [0.05, 0.1) is 12.8 Å². The molecule has 100 valence electrons. The molecule has 0 aliphatic carbocycles. The second-order valence-corrected chi connectivity index (χ2v) is 4.32. The Kier molecular flexibility index (Phi) is 5.45. The lowest BCUT2D eigenvalue weighted by molar-refractivity contribution is 0.221. The van der Waals surface area contributed by atoms with Crippen LogP contribution in [0.25, 0.3) is 0 Å². The van der Waals surface area contributed by atoms with Crippen LogP contribution in [-0.4, -0.2) is 37.7 Å². The predicted molar refractivity (Wildman–Crippen MR) is 72.9 cm³/mol. The van der Waals surface area contributed by atoms with E-state index in [-0.39, 0.29) is 12.1 Å². The molecular weight excluding hydrogens is 230 g/mol. The third kappa shape index (κ3) is 4.25. The minimum Gasteiger partial charge on any atom is -0.495 e. The van der Waals surface area contributed by atoms with Crippen LogP contribution in [0.2, 0.25) is 0 Å². The van der Waals surface area contributed by atoms with Gasteiger partial charge in [0.15, 0.2) is 0 Å². The van der Waals surface area contributed by atoms with E-state index in [1.807, 2.05) is 19.1 Å². The first-order chi connectivity index (χ1) is 8.54. The number of nitrogens with one attached hydrogen (secondary N) is 1. The highest BCUT2D eigenvalue weighted by Crippen LogP contribution is 2.23. The summed E-state index contributed by atoms with van der Waals surface area (Å²) in [6.45, 7) is 2.55. The average Bonchev–Trinajstić information content (AvgIpc) is 2.36. The summed E-state index contributed by atoms with van der Waals surface area (Å²) in [6, 6.07) is 7.23. The lowest BCUT2D eigenvalue weighted by Crippen LogP contribution is -2.34. The van der Waals surface area contributed by atoms with Crippen LogP contribution in [0.3, 0.4) is 0 Å². The van der Waals surface area contributed by atoms with E-state index in [2.05, 4.69) is 5.32 Å². The van der Waals surface area contributed by atoms with Gasteiger partial charge in [-0.3, -0.25) is 0 Å². The molecule has 5 nitrogen and oxygen atoms in total. The van der Waals surface area contributed by atoms with Gasteiger partial charge in [0.1, 0.15) is 5.75 Å². The summed E-state index contributed by atoms with van der Waals surface area (Å²) in [7, 11) is 3.32. The molecule has 0 aliphatic heterocycles. The van der Waals surface area contributed by atoms with Crippen molar-refractivity contribution in [2.24, 2.45) is 5.73 Å². The van der Waals surface area contributed by atoms with Gasteiger partial charge in [-0.25, -0.2) is 4.79 Å². The maximum absolute atomic E-state index is 11.9. The van der Waals surface area contributed by atoms with Crippen LogP contribution in [0.5, 0.6) is 5.75 Å². The van der Waals surface area contributed by atoms with Gasteiger partial charge >= 0.3 is 6.03 Å². The molecule has 0 aromatic heterocycles. The Bertz CT molecular complexity index is 394. The lowest BCUT2D eigenvalue weighted by atomic mass is 10.2. The van der Waals surface area contributed by atoms with Crippen molar-refractivity contribution >= 4 is 11.7 Å². The Morgan fingerprint density at radius 2 is 2.17 bits per heavy atom. The number of hydrogen-bond donors (Lipinski definition) is 2. The molecule has 1 unspecified atom stereocenters. The summed E-state index contributed by atoms with van der Waals surface area (Å²) in [5.74, 6) is 0.645. The molecule has 1 aromatic carbocycles. The van der Waals surface area contributed by atoms with E-state index in [9.17, 15) is 4.79 Å². The average molecular weight is 251 g/mol. The van der Waals surface area contributed by atoms with Crippen molar-refractivity contribution in [2.75, 3.05) is 26.0 Å². The van der Waals surface area contributed by atoms with E-state index < -0.39 is 0 Å². The van der Waals surface area contributed by atoms with E-state index in [1.165, 1.54) is 0 Å². The van der Waals surface area contributed by atoms with E-state index in [1.54, 1.807) is 31.2 Å². The number of carbonyl (C=O) groups is 1. The third-order valence-electron chi connectivity index (χ3n) is 2.62. The van der Waals surface area contributed by atoms with E-state index >= 15 is 0 Å². The van der Waals surface area contributed by atoms with Crippen molar-refractivity contribution < 1.29 is 9.53 Å². The van der Waals surface area contributed by atoms with Gasteiger partial charge in [-0.1, -0.05) is 12.1 Å². The van der Waals surface area contributed by atoms with Gasteiger partial charge in [-0.2, -0.15) is 0 Å². The summed E-state index contributed by atoms with van der Waals surface area (Å²) < 4.78 is 5.17. The van der Waals surface area contributed by atoms with Gasteiger partial charge in [0.25, 0.3) is 0 Å². The van der Waals surface area contributed by atoms with Crippen LogP contribution in [0.15, 0.2) is 24.3 Å². The normalized spacial score (nSPS) is 11.8. The molecule has 3 N–H and O–H groups in total. The number of rotatable bonds is 5. The number of nitrogens with two attached hydrogens (primary N) is 1. The molecule has 18 heavy (non-hydrogen) atoms. The number of benzene rings is 1. The number of para-hydroxylation sites is 2. The zero-order chi connectivity index (χ0) is 13.5. The number of nitrogens with zero attached hydrogens (tertiary/aromatic N) is 1. The van der Waals surface area contributed by atoms with Crippen LogP contribution in [-0.2, 0) is 0 Å². The number of methoxy groups -OCH3 is 1. The molecule has 0 fully saturated rings. The fourth-order valence-electron chi connectivity index (χ4n) is 1.46. The number of anilines is 1. The first-order valence-corrected chi connectivity index (χ1v) is 5.95. The third-order valence-corrected chi connectivity index (χ3v) is 2.62. The lowest BCUT2D eigenvalue weighted by Gasteiger charge is -2.19. The van der Waals surface area contributed by atoms with E-state index in [4.69, 9.17) is 10.5 Å². The van der Waals surface area contributed by atoms with E-state index in [0.29, 0.717) is 18.0 Å². The Hall–Kier alpha value is -1.75. The van der Waals surface area contributed by atoms with Gasteiger partial charge in [0.2, 0.25) is 0 Å². The molecule has 2 amide bonds. The fourth-order valence-corrected chi connectivity index (χ4v) is 1.46. The van der Waals surface area contributed by atoms with Crippen LogP contribution in [0.1, 0.15) is 13.3 Å². The molecule has 1 rings (SSSR count). The molecule has 0 saturated carbocycles. The Labute approximate surface area is 108 Å². The van der Waals surface area contributed by atoms with Crippen molar-refractivity contribution in [3.05, 3.63) is 24.3 Å². The van der Waals surface area contributed by atoms with Crippen LogP contribution < -0.4 is 15.8 Å². The predicted octanol–water partition coefficient (Wildman–Crippen LogP) is 1.90. The Morgan fingerprint density at radius 1 is 1.50 bits per heavy atom.